The second kappa shape index (κ2) is 18.0. The standard InChI is InChI=1S/C16H32N4O4/c1-18-11-7-4-3-5-8-12-23-14-15(19-20-17)24-13-9-6-10-16(21)22-2/h15,18H,3-14H2,1-2H3. The Balaban J connectivity index is 3.56. The molecule has 0 bridgehead atoms. The van der Waals surface area contributed by atoms with E-state index >= 15 is 0 Å². The maximum atomic E-state index is 11.0. The van der Waals surface area contributed by atoms with Crippen LogP contribution < -0.4 is 5.32 Å². The number of azide groups is 1. The molecule has 0 rings (SSSR count). The molecule has 140 valence electrons. The molecule has 8 heteroatoms. The van der Waals surface area contributed by atoms with E-state index in [-0.39, 0.29) is 12.6 Å². The van der Waals surface area contributed by atoms with Gasteiger partial charge < -0.3 is 19.5 Å². The molecule has 0 aliphatic rings. The van der Waals surface area contributed by atoms with Gasteiger partial charge in [0.25, 0.3) is 0 Å². The highest BCUT2D eigenvalue weighted by Crippen LogP contribution is 2.05. The van der Waals surface area contributed by atoms with Gasteiger partial charge in [-0.3, -0.25) is 4.79 Å². The molecule has 0 aromatic carbocycles. The fourth-order valence-corrected chi connectivity index (χ4v) is 2.09. The van der Waals surface area contributed by atoms with E-state index in [2.05, 4.69) is 20.1 Å². The van der Waals surface area contributed by atoms with Crippen molar-refractivity contribution in [3.8, 4) is 0 Å². The Hall–Kier alpha value is -1.34. The summed E-state index contributed by atoms with van der Waals surface area (Å²) >= 11 is 0. The van der Waals surface area contributed by atoms with E-state index in [9.17, 15) is 4.79 Å². The highest BCUT2D eigenvalue weighted by Gasteiger charge is 2.07. The van der Waals surface area contributed by atoms with Crippen LogP contribution in [0.2, 0.25) is 0 Å². The van der Waals surface area contributed by atoms with Crippen LogP contribution >= 0.6 is 0 Å². The van der Waals surface area contributed by atoms with Gasteiger partial charge in [-0.2, -0.15) is 0 Å². The predicted octanol–water partition coefficient (Wildman–Crippen LogP) is 3.17. The number of unbranched alkanes of at least 4 members (excludes halogenated alkanes) is 5. The van der Waals surface area contributed by atoms with Crippen LogP contribution in [-0.4, -0.2) is 52.7 Å². The topological polar surface area (TPSA) is 106 Å². The molecule has 0 aliphatic carbocycles. The van der Waals surface area contributed by atoms with Crippen LogP contribution in [0, 0.1) is 0 Å². The first-order valence-electron chi connectivity index (χ1n) is 8.69. The van der Waals surface area contributed by atoms with Crippen LogP contribution in [0.3, 0.4) is 0 Å². The molecule has 1 atom stereocenters. The van der Waals surface area contributed by atoms with Gasteiger partial charge >= 0.3 is 5.97 Å². The molecular formula is C16H32N4O4. The van der Waals surface area contributed by atoms with E-state index in [1.807, 2.05) is 7.05 Å². The zero-order valence-corrected chi connectivity index (χ0v) is 15.0. The smallest absolute Gasteiger partial charge is 0.305 e. The Morgan fingerprint density at radius 2 is 1.83 bits per heavy atom. The lowest BCUT2D eigenvalue weighted by atomic mass is 10.1. The summed E-state index contributed by atoms with van der Waals surface area (Å²) in [6, 6.07) is 0. The van der Waals surface area contributed by atoms with Gasteiger partial charge in [0, 0.05) is 24.5 Å². The molecule has 0 spiro atoms. The first kappa shape index (κ1) is 22.7. The number of hydrogen-bond donors (Lipinski definition) is 1. The molecular weight excluding hydrogens is 312 g/mol. The third-order valence-corrected chi connectivity index (χ3v) is 3.47. The largest absolute Gasteiger partial charge is 0.469 e. The number of methoxy groups -OCH3 is 1. The van der Waals surface area contributed by atoms with Crippen LogP contribution in [0.25, 0.3) is 10.4 Å². The van der Waals surface area contributed by atoms with Crippen molar-refractivity contribution in [3.63, 3.8) is 0 Å². The lowest BCUT2D eigenvalue weighted by Gasteiger charge is -2.13. The second-order valence-corrected chi connectivity index (χ2v) is 5.51. The molecule has 0 aromatic heterocycles. The van der Waals surface area contributed by atoms with Crippen LogP contribution in [0.1, 0.15) is 51.4 Å². The molecule has 24 heavy (non-hydrogen) atoms. The normalized spacial score (nSPS) is 11.8. The molecule has 0 aliphatic heterocycles. The maximum Gasteiger partial charge on any atom is 0.305 e. The van der Waals surface area contributed by atoms with Gasteiger partial charge in [-0.25, -0.2) is 0 Å². The number of esters is 1. The quantitative estimate of drug-likeness (QED) is 0.143. The zero-order chi connectivity index (χ0) is 17.9. The molecule has 1 N–H and O–H groups in total. The minimum absolute atomic E-state index is 0.226. The monoisotopic (exact) mass is 344 g/mol. The number of rotatable bonds is 17. The number of carbonyl (C=O) groups is 1. The van der Waals surface area contributed by atoms with Gasteiger partial charge in [0.1, 0.15) is 0 Å². The van der Waals surface area contributed by atoms with E-state index in [4.69, 9.17) is 15.0 Å². The van der Waals surface area contributed by atoms with E-state index in [0.717, 1.165) is 19.4 Å². The summed E-state index contributed by atoms with van der Waals surface area (Å²) in [5.41, 5.74) is 8.54. The Labute approximate surface area is 144 Å². The molecule has 0 heterocycles. The van der Waals surface area contributed by atoms with Gasteiger partial charge in [-0.1, -0.05) is 24.4 Å². The summed E-state index contributed by atoms with van der Waals surface area (Å²) in [4.78, 5) is 13.7. The van der Waals surface area contributed by atoms with Gasteiger partial charge in [0.15, 0.2) is 6.23 Å². The molecule has 0 saturated heterocycles. The van der Waals surface area contributed by atoms with E-state index in [0.29, 0.717) is 32.5 Å². The Morgan fingerprint density at radius 3 is 2.54 bits per heavy atom. The fourth-order valence-electron chi connectivity index (χ4n) is 2.09. The number of nitrogens with zero attached hydrogens (tertiary/aromatic N) is 3. The van der Waals surface area contributed by atoms with Crippen molar-refractivity contribution in [2.75, 3.05) is 40.5 Å². The Bertz CT molecular complexity index is 349. The highest BCUT2D eigenvalue weighted by molar-refractivity contribution is 5.68. The summed E-state index contributed by atoms with van der Waals surface area (Å²) in [5.74, 6) is -0.226. The van der Waals surface area contributed by atoms with Gasteiger partial charge in [-0.05, 0) is 44.8 Å². The molecule has 0 amide bonds. The third-order valence-electron chi connectivity index (χ3n) is 3.47. The number of nitrogens with one attached hydrogen (secondary N) is 1. The highest BCUT2D eigenvalue weighted by atomic mass is 16.5. The second-order valence-electron chi connectivity index (χ2n) is 5.51. The third kappa shape index (κ3) is 15.6. The van der Waals surface area contributed by atoms with Crippen LogP contribution in [0.4, 0.5) is 0 Å². The van der Waals surface area contributed by atoms with Crippen molar-refractivity contribution < 1.29 is 19.0 Å². The number of hydrogen-bond acceptors (Lipinski definition) is 6. The van der Waals surface area contributed by atoms with Crippen LogP contribution in [0.15, 0.2) is 5.11 Å². The zero-order valence-electron chi connectivity index (χ0n) is 15.0. The van der Waals surface area contributed by atoms with Crippen molar-refractivity contribution in [1.29, 1.82) is 0 Å². The summed E-state index contributed by atoms with van der Waals surface area (Å²) in [6.07, 6.45) is 6.95. The Kier molecular flexibility index (Phi) is 17.0. The van der Waals surface area contributed by atoms with Crippen LogP contribution in [-0.2, 0) is 19.0 Å². The lowest BCUT2D eigenvalue weighted by Crippen LogP contribution is -2.18. The average Bonchev–Trinajstić information content (AvgIpc) is 2.59. The summed E-state index contributed by atoms with van der Waals surface area (Å²) in [7, 11) is 3.34. The molecule has 0 aromatic rings. The van der Waals surface area contributed by atoms with Gasteiger partial charge in [-0.15, -0.1) is 0 Å². The van der Waals surface area contributed by atoms with E-state index < -0.39 is 6.23 Å². The molecule has 8 nitrogen and oxygen atoms in total. The molecule has 0 radical (unpaired) electrons. The average molecular weight is 344 g/mol. The van der Waals surface area contributed by atoms with Crippen molar-refractivity contribution in [3.05, 3.63) is 10.4 Å². The minimum atomic E-state index is -0.608. The molecule has 1 unspecified atom stereocenters. The van der Waals surface area contributed by atoms with Crippen LogP contribution in [0.5, 0.6) is 0 Å². The first-order chi connectivity index (χ1) is 11.7. The van der Waals surface area contributed by atoms with Gasteiger partial charge in [0.05, 0.1) is 13.7 Å². The molecule has 0 fully saturated rings. The summed E-state index contributed by atoms with van der Waals surface area (Å²) < 4.78 is 15.5. The van der Waals surface area contributed by atoms with Crippen molar-refractivity contribution in [1.82, 2.24) is 5.32 Å². The lowest BCUT2D eigenvalue weighted by molar-refractivity contribution is -0.140. The number of carbonyl (C=O) groups excluding carboxylic acids is 1. The minimum Gasteiger partial charge on any atom is -0.469 e. The summed E-state index contributed by atoms with van der Waals surface area (Å²) in [5, 5.41) is 6.71. The first-order valence-corrected chi connectivity index (χ1v) is 8.69. The van der Waals surface area contributed by atoms with Gasteiger partial charge in [0.2, 0.25) is 0 Å². The molecule has 0 saturated carbocycles. The number of ether oxygens (including phenoxy) is 3. The summed E-state index contributed by atoms with van der Waals surface area (Å²) in [6.45, 7) is 2.41. The van der Waals surface area contributed by atoms with Crippen molar-refractivity contribution in [2.45, 2.75) is 57.6 Å². The predicted molar refractivity (Wildman–Crippen MR) is 92.6 cm³/mol. The van der Waals surface area contributed by atoms with E-state index in [1.54, 1.807) is 0 Å². The maximum absolute atomic E-state index is 11.0. The fraction of sp³-hybridized carbons (Fsp3) is 0.938. The Morgan fingerprint density at radius 1 is 1.12 bits per heavy atom. The van der Waals surface area contributed by atoms with Crippen molar-refractivity contribution in [2.24, 2.45) is 5.11 Å². The van der Waals surface area contributed by atoms with E-state index in [1.165, 1.54) is 26.4 Å². The SMILES string of the molecule is CNCCCCCCCOCC(N=[N+]=[N-])OCCCCC(=O)OC. The van der Waals surface area contributed by atoms with Crippen molar-refractivity contribution >= 4 is 5.97 Å².